The largest absolute Gasteiger partial charge is 0.341 e. The molecule has 2 rings (SSSR count). The maximum atomic E-state index is 13.5. The van der Waals surface area contributed by atoms with Crippen molar-refractivity contribution in [2.45, 2.75) is 20.0 Å². The number of amides is 2. The molecule has 2 aromatic rings. The molecule has 22 heavy (non-hydrogen) atoms. The molecule has 1 aromatic heterocycles. The number of nitrogens with one attached hydrogen (secondary N) is 2. The smallest absolute Gasteiger partial charge is 0.313 e. The fourth-order valence-electron chi connectivity index (χ4n) is 1.69. The summed E-state index contributed by atoms with van der Waals surface area (Å²) in [6.07, 6.45) is 1.52. The number of hydrogen-bond acceptors (Lipinski definition) is 4. The fourth-order valence-corrected chi connectivity index (χ4v) is 1.85. The van der Waals surface area contributed by atoms with Gasteiger partial charge in [0.25, 0.3) is 0 Å². The maximum absolute atomic E-state index is 13.5. The highest BCUT2D eigenvalue weighted by molar-refractivity contribution is 6.39. The first-order valence-electron chi connectivity index (χ1n) is 6.42. The van der Waals surface area contributed by atoms with E-state index in [-0.39, 0.29) is 17.3 Å². The van der Waals surface area contributed by atoms with Gasteiger partial charge in [-0.05, 0) is 25.1 Å². The summed E-state index contributed by atoms with van der Waals surface area (Å²) in [4.78, 5) is 23.4. The van der Waals surface area contributed by atoms with E-state index in [4.69, 9.17) is 11.6 Å². The van der Waals surface area contributed by atoms with E-state index in [1.807, 2.05) is 6.92 Å². The molecule has 0 aliphatic rings. The molecule has 9 heteroatoms. The average molecular weight is 326 g/mol. The van der Waals surface area contributed by atoms with E-state index in [9.17, 15) is 14.0 Å². The van der Waals surface area contributed by atoms with Gasteiger partial charge in [-0.3, -0.25) is 9.59 Å². The van der Waals surface area contributed by atoms with Crippen molar-refractivity contribution in [3.63, 3.8) is 0 Å². The van der Waals surface area contributed by atoms with E-state index < -0.39 is 17.6 Å². The van der Waals surface area contributed by atoms with Crippen LogP contribution in [0.4, 0.5) is 10.1 Å². The van der Waals surface area contributed by atoms with Crippen molar-refractivity contribution in [3.05, 3.63) is 41.2 Å². The summed E-state index contributed by atoms with van der Waals surface area (Å²) in [6, 6.07) is 3.72. The Balaban J connectivity index is 1.93. The number of aryl methyl sites for hydroxylation is 1. The number of anilines is 1. The second kappa shape index (κ2) is 6.99. The third-order valence-corrected chi connectivity index (χ3v) is 3.06. The van der Waals surface area contributed by atoms with Gasteiger partial charge in [0.2, 0.25) is 0 Å². The summed E-state index contributed by atoms with van der Waals surface area (Å²) < 4.78 is 15.2. The number of hydrogen-bond donors (Lipinski definition) is 2. The summed E-state index contributed by atoms with van der Waals surface area (Å²) in [6.45, 7) is 2.58. The molecular formula is C13H13ClFN5O2. The van der Waals surface area contributed by atoms with Gasteiger partial charge in [-0.15, -0.1) is 10.2 Å². The molecule has 0 spiro atoms. The number of aromatic nitrogens is 3. The van der Waals surface area contributed by atoms with Gasteiger partial charge in [0.1, 0.15) is 12.1 Å². The molecule has 0 aliphatic heterocycles. The highest BCUT2D eigenvalue weighted by Crippen LogP contribution is 2.18. The number of carbonyl (C=O) groups is 2. The van der Waals surface area contributed by atoms with Crippen molar-refractivity contribution < 1.29 is 14.0 Å². The first-order valence-corrected chi connectivity index (χ1v) is 6.80. The highest BCUT2D eigenvalue weighted by atomic mass is 35.5. The van der Waals surface area contributed by atoms with E-state index in [1.54, 1.807) is 4.57 Å². The maximum Gasteiger partial charge on any atom is 0.313 e. The lowest BCUT2D eigenvalue weighted by molar-refractivity contribution is -0.136. The predicted octanol–water partition coefficient (Wildman–Crippen LogP) is 1.35. The van der Waals surface area contributed by atoms with E-state index in [2.05, 4.69) is 20.8 Å². The SMILES string of the molecule is CCn1cnnc1CNC(=O)C(=O)Nc1ccc(Cl)cc1F. The normalized spacial score (nSPS) is 10.3. The molecule has 1 aromatic carbocycles. The molecule has 0 saturated heterocycles. The van der Waals surface area contributed by atoms with Crippen LogP contribution < -0.4 is 10.6 Å². The molecular weight excluding hydrogens is 313 g/mol. The van der Waals surface area contributed by atoms with Gasteiger partial charge in [0, 0.05) is 11.6 Å². The predicted molar refractivity (Wildman–Crippen MR) is 77.6 cm³/mol. The summed E-state index contributed by atoms with van der Waals surface area (Å²) >= 11 is 5.60. The van der Waals surface area contributed by atoms with Crippen molar-refractivity contribution in [3.8, 4) is 0 Å². The number of carbonyl (C=O) groups excluding carboxylic acids is 2. The van der Waals surface area contributed by atoms with E-state index in [0.29, 0.717) is 12.4 Å². The second-order valence-electron chi connectivity index (χ2n) is 4.29. The average Bonchev–Trinajstić information content (AvgIpc) is 2.95. The van der Waals surface area contributed by atoms with Crippen molar-refractivity contribution in [2.75, 3.05) is 5.32 Å². The van der Waals surface area contributed by atoms with E-state index in [1.165, 1.54) is 18.5 Å². The van der Waals surface area contributed by atoms with Crippen LogP contribution in [-0.2, 0) is 22.7 Å². The van der Waals surface area contributed by atoms with Gasteiger partial charge in [-0.1, -0.05) is 11.6 Å². The van der Waals surface area contributed by atoms with Crippen LogP contribution in [-0.4, -0.2) is 26.6 Å². The first-order chi connectivity index (χ1) is 10.5. The van der Waals surface area contributed by atoms with Gasteiger partial charge in [0.15, 0.2) is 5.82 Å². The van der Waals surface area contributed by atoms with Gasteiger partial charge in [0.05, 0.1) is 12.2 Å². The van der Waals surface area contributed by atoms with Crippen molar-refractivity contribution in [1.29, 1.82) is 0 Å². The van der Waals surface area contributed by atoms with Gasteiger partial charge < -0.3 is 15.2 Å². The molecule has 0 fully saturated rings. The van der Waals surface area contributed by atoms with Crippen molar-refractivity contribution in [1.82, 2.24) is 20.1 Å². The lowest BCUT2D eigenvalue weighted by Gasteiger charge is -2.07. The van der Waals surface area contributed by atoms with Crippen LogP contribution >= 0.6 is 11.6 Å². The number of rotatable bonds is 4. The van der Waals surface area contributed by atoms with Crippen LogP contribution in [0.3, 0.4) is 0 Å². The third kappa shape index (κ3) is 3.79. The van der Waals surface area contributed by atoms with Crippen molar-refractivity contribution in [2.24, 2.45) is 0 Å². The standard InChI is InChI=1S/C13H13ClFN5O2/c1-2-20-7-17-19-11(20)6-16-12(21)13(22)18-10-4-3-8(14)5-9(10)15/h3-5,7H,2,6H2,1H3,(H,16,21)(H,18,22). The Bertz CT molecular complexity index is 703. The zero-order chi connectivity index (χ0) is 16.1. The van der Waals surface area contributed by atoms with Crippen LogP contribution in [0.2, 0.25) is 5.02 Å². The molecule has 2 N–H and O–H groups in total. The van der Waals surface area contributed by atoms with Crippen molar-refractivity contribution >= 4 is 29.1 Å². The summed E-state index contributed by atoms with van der Waals surface area (Å²) in [5, 5.41) is 12.3. The molecule has 0 aliphatic carbocycles. The molecule has 0 radical (unpaired) electrons. The van der Waals surface area contributed by atoms with Crippen LogP contribution in [0.25, 0.3) is 0 Å². The number of benzene rings is 1. The molecule has 1 heterocycles. The molecule has 0 atom stereocenters. The van der Waals surface area contributed by atoms with Gasteiger partial charge in [-0.25, -0.2) is 4.39 Å². The molecule has 7 nitrogen and oxygen atoms in total. The number of nitrogens with zero attached hydrogens (tertiary/aromatic N) is 3. The number of halogens is 2. The summed E-state index contributed by atoms with van der Waals surface area (Å²) in [7, 11) is 0. The monoisotopic (exact) mass is 325 g/mol. The van der Waals surface area contributed by atoms with Gasteiger partial charge >= 0.3 is 11.8 Å². The molecule has 0 unspecified atom stereocenters. The van der Waals surface area contributed by atoms with Crippen LogP contribution in [0.5, 0.6) is 0 Å². The third-order valence-electron chi connectivity index (χ3n) is 2.83. The summed E-state index contributed by atoms with van der Waals surface area (Å²) in [5.74, 6) is -2.09. The minimum absolute atomic E-state index is 0.0448. The van der Waals surface area contributed by atoms with Crippen LogP contribution in [0, 0.1) is 5.82 Å². The topological polar surface area (TPSA) is 88.9 Å². The minimum atomic E-state index is -0.983. The lowest BCUT2D eigenvalue weighted by atomic mass is 10.3. The Morgan fingerprint density at radius 1 is 1.36 bits per heavy atom. The second-order valence-corrected chi connectivity index (χ2v) is 4.73. The molecule has 116 valence electrons. The molecule has 0 saturated carbocycles. The highest BCUT2D eigenvalue weighted by Gasteiger charge is 2.16. The quantitative estimate of drug-likeness (QED) is 0.830. The Morgan fingerprint density at radius 3 is 2.82 bits per heavy atom. The Kier molecular flexibility index (Phi) is 5.05. The van der Waals surface area contributed by atoms with Crippen LogP contribution in [0.15, 0.2) is 24.5 Å². The zero-order valence-electron chi connectivity index (χ0n) is 11.6. The molecule has 0 bridgehead atoms. The summed E-state index contributed by atoms with van der Waals surface area (Å²) in [5.41, 5.74) is -0.124. The van der Waals surface area contributed by atoms with Crippen LogP contribution in [0.1, 0.15) is 12.7 Å². The zero-order valence-corrected chi connectivity index (χ0v) is 12.4. The fraction of sp³-hybridized carbons (Fsp3) is 0.231. The Morgan fingerprint density at radius 2 is 2.14 bits per heavy atom. The first kappa shape index (κ1) is 15.9. The minimum Gasteiger partial charge on any atom is -0.341 e. The Hall–Kier alpha value is -2.48. The van der Waals surface area contributed by atoms with E-state index >= 15 is 0 Å². The molecule has 2 amide bonds. The van der Waals surface area contributed by atoms with E-state index in [0.717, 1.165) is 6.07 Å². The van der Waals surface area contributed by atoms with Gasteiger partial charge in [-0.2, -0.15) is 0 Å². The lowest BCUT2D eigenvalue weighted by Crippen LogP contribution is -2.35. The Labute approximate surface area is 130 Å².